The van der Waals surface area contributed by atoms with Gasteiger partial charge in [-0.15, -0.1) is 0 Å². The summed E-state index contributed by atoms with van der Waals surface area (Å²) in [7, 11) is 1.48. The van der Waals surface area contributed by atoms with Gasteiger partial charge in [0.25, 0.3) is 0 Å². The summed E-state index contributed by atoms with van der Waals surface area (Å²) >= 11 is 0. The average molecular weight is 402 g/mol. The fourth-order valence-corrected chi connectivity index (χ4v) is 2.63. The molecular weight excluding hydrogens is 385 g/mol. The molecule has 0 aliphatic rings. The number of benzene rings is 2. The molecule has 0 N–H and O–H groups in total. The number of tetrazole rings is 1. The zero-order valence-electron chi connectivity index (χ0n) is 15.8. The molecule has 0 unspecified atom stereocenters. The van der Waals surface area contributed by atoms with Crippen LogP contribution in [0.2, 0.25) is 0 Å². The molecule has 0 atom stereocenters. The van der Waals surface area contributed by atoms with Crippen molar-refractivity contribution < 1.29 is 13.2 Å². The molecule has 150 valence electrons. The first-order valence-corrected chi connectivity index (χ1v) is 8.52. The molecule has 29 heavy (non-hydrogen) atoms. The normalized spacial score (nSPS) is 12.7. The average Bonchev–Trinajstić information content (AvgIpc) is 3.01. The number of aromatic nitrogens is 4. The SMILES string of the molecule is C/C(=N\N=C\c1c(C)cccc1-n1nnn(C)c1=O)c1cccc(C(F)(F)F)c1. The molecule has 0 aliphatic heterocycles. The molecule has 0 saturated carbocycles. The van der Waals surface area contributed by atoms with Gasteiger partial charge in [-0.25, -0.2) is 4.79 Å². The third kappa shape index (κ3) is 4.31. The predicted octanol–water partition coefficient (Wildman–Crippen LogP) is 3.14. The largest absolute Gasteiger partial charge is 0.416 e. The third-order valence-corrected chi connectivity index (χ3v) is 4.25. The summed E-state index contributed by atoms with van der Waals surface area (Å²) in [5.74, 6) is 0. The highest BCUT2D eigenvalue weighted by Gasteiger charge is 2.30. The Bertz CT molecular complexity index is 1160. The Balaban J connectivity index is 1.95. The van der Waals surface area contributed by atoms with E-state index in [1.807, 2.05) is 13.0 Å². The van der Waals surface area contributed by atoms with Crippen LogP contribution in [0, 0.1) is 6.92 Å². The van der Waals surface area contributed by atoms with Crippen molar-refractivity contribution in [1.82, 2.24) is 19.8 Å². The Morgan fingerprint density at radius 1 is 1.14 bits per heavy atom. The van der Waals surface area contributed by atoms with Crippen LogP contribution in [-0.2, 0) is 13.2 Å². The number of nitrogens with zero attached hydrogens (tertiary/aromatic N) is 6. The minimum atomic E-state index is -4.43. The van der Waals surface area contributed by atoms with Gasteiger partial charge >= 0.3 is 11.9 Å². The molecule has 1 aromatic heterocycles. The van der Waals surface area contributed by atoms with E-state index >= 15 is 0 Å². The zero-order chi connectivity index (χ0) is 21.2. The van der Waals surface area contributed by atoms with Crippen molar-refractivity contribution in [3.8, 4) is 5.69 Å². The highest BCUT2D eigenvalue weighted by atomic mass is 19.4. The van der Waals surface area contributed by atoms with E-state index in [9.17, 15) is 18.0 Å². The van der Waals surface area contributed by atoms with Gasteiger partial charge in [0.05, 0.1) is 23.2 Å². The van der Waals surface area contributed by atoms with Gasteiger partial charge in [-0.3, -0.25) is 0 Å². The fraction of sp³-hybridized carbons (Fsp3) is 0.211. The molecule has 0 spiro atoms. The lowest BCUT2D eigenvalue weighted by Gasteiger charge is -2.08. The van der Waals surface area contributed by atoms with Crippen molar-refractivity contribution in [2.75, 3.05) is 0 Å². The lowest BCUT2D eigenvalue weighted by Crippen LogP contribution is -2.23. The van der Waals surface area contributed by atoms with Crippen molar-refractivity contribution in [3.05, 3.63) is 75.2 Å². The maximum absolute atomic E-state index is 12.9. The Hall–Kier alpha value is -3.56. The number of hydrogen-bond acceptors (Lipinski definition) is 5. The number of rotatable bonds is 4. The molecule has 0 amide bonds. The second-order valence-corrected chi connectivity index (χ2v) is 6.31. The summed E-state index contributed by atoms with van der Waals surface area (Å²) in [6.45, 7) is 3.40. The quantitative estimate of drug-likeness (QED) is 0.497. The number of aryl methyl sites for hydroxylation is 2. The molecule has 3 rings (SSSR count). The molecule has 7 nitrogen and oxygen atoms in total. The molecule has 0 saturated heterocycles. The summed E-state index contributed by atoms with van der Waals surface area (Å²) in [6, 6.07) is 10.2. The van der Waals surface area contributed by atoms with Crippen LogP contribution in [0.15, 0.2) is 57.5 Å². The molecule has 0 fully saturated rings. The number of halogens is 3. The van der Waals surface area contributed by atoms with Crippen LogP contribution in [0.4, 0.5) is 13.2 Å². The summed E-state index contributed by atoms with van der Waals surface area (Å²) in [4.78, 5) is 12.1. The minimum absolute atomic E-state index is 0.312. The first-order valence-electron chi connectivity index (χ1n) is 8.52. The summed E-state index contributed by atoms with van der Waals surface area (Å²) in [6.07, 6.45) is -3.00. The standard InChI is InChI=1S/C19H17F3N6O/c1-12-6-4-9-17(28-18(29)27(3)25-26-28)16(12)11-23-24-13(2)14-7-5-8-15(10-14)19(20,21)22/h4-11H,1-3H3/b23-11+,24-13+. The van der Waals surface area contributed by atoms with E-state index in [1.54, 1.807) is 19.1 Å². The van der Waals surface area contributed by atoms with Crippen molar-refractivity contribution >= 4 is 11.9 Å². The lowest BCUT2D eigenvalue weighted by atomic mass is 10.1. The third-order valence-electron chi connectivity index (χ3n) is 4.25. The molecule has 10 heteroatoms. The number of alkyl halides is 3. The van der Waals surface area contributed by atoms with Crippen LogP contribution >= 0.6 is 0 Å². The maximum atomic E-state index is 12.9. The first-order chi connectivity index (χ1) is 13.7. The highest BCUT2D eigenvalue weighted by molar-refractivity contribution is 5.99. The Morgan fingerprint density at radius 2 is 1.86 bits per heavy atom. The van der Waals surface area contributed by atoms with Gasteiger partial charge in [0.1, 0.15) is 0 Å². The van der Waals surface area contributed by atoms with E-state index in [0.717, 1.165) is 27.1 Å². The smallest absolute Gasteiger partial charge is 0.244 e. The molecule has 0 aliphatic carbocycles. The van der Waals surface area contributed by atoms with Gasteiger partial charge in [0.2, 0.25) is 0 Å². The van der Waals surface area contributed by atoms with Crippen LogP contribution in [0.3, 0.4) is 0 Å². The second kappa shape index (κ2) is 7.82. The van der Waals surface area contributed by atoms with E-state index in [2.05, 4.69) is 20.6 Å². The fourth-order valence-electron chi connectivity index (χ4n) is 2.63. The Kier molecular flexibility index (Phi) is 5.44. The van der Waals surface area contributed by atoms with Crippen molar-refractivity contribution in [2.45, 2.75) is 20.0 Å². The van der Waals surface area contributed by atoms with Crippen LogP contribution in [0.25, 0.3) is 5.69 Å². The maximum Gasteiger partial charge on any atom is 0.416 e. The van der Waals surface area contributed by atoms with Crippen LogP contribution in [0.1, 0.15) is 29.2 Å². The topological polar surface area (TPSA) is 77.4 Å². The van der Waals surface area contributed by atoms with Crippen LogP contribution in [-0.4, -0.2) is 31.7 Å². The Morgan fingerprint density at radius 3 is 2.52 bits per heavy atom. The molecule has 0 radical (unpaired) electrons. The van der Waals surface area contributed by atoms with Crippen molar-refractivity contribution in [1.29, 1.82) is 0 Å². The first kappa shape index (κ1) is 20.2. The summed E-state index contributed by atoms with van der Waals surface area (Å²) < 4.78 is 40.9. The van der Waals surface area contributed by atoms with Gasteiger partial charge in [-0.1, -0.05) is 24.3 Å². The molecule has 0 bridgehead atoms. The molecule has 3 aromatic rings. The Labute approximate surface area is 163 Å². The van der Waals surface area contributed by atoms with Crippen LogP contribution < -0.4 is 5.69 Å². The van der Waals surface area contributed by atoms with Gasteiger partial charge in [0, 0.05) is 12.6 Å². The van der Waals surface area contributed by atoms with E-state index in [-0.39, 0.29) is 0 Å². The molecular formula is C19H17F3N6O. The summed E-state index contributed by atoms with van der Waals surface area (Å²) in [5.41, 5.74) is 1.34. The minimum Gasteiger partial charge on any atom is -0.244 e. The van der Waals surface area contributed by atoms with Crippen LogP contribution in [0.5, 0.6) is 0 Å². The monoisotopic (exact) mass is 402 g/mol. The molecule has 1 heterocycles. The zero-order valence-corrected chi connectivity index (χ0v) is 15.8. The van der Waals surface area contributed by atoms with Crippen molar-refractivity contribution in [2.24, 2.45) is 17.3 Å². The van der Waals surface area contributed by atoms with Gasteiger partial charge < -0.3 is 0 Å². The molecule has 2 aromatic carbocycles. The van der Waals surface area contributed by atoms with Crippen molar-refractivity contribution in [3.63, 3.8) is 0 Å². The van der Waals surface area contributed by atoms with Gasteiger partial charge in [-0.05, 0) is 53.6 Å². The summed E-state index contributed by atoms with van der Waals surface area (Å²) in [5, 5.41) is 15.5. The van der Waals surface area contributed by atoms with E-state index < -0.39 is 17.4 Å². The van der Waals surface area contributed by atoms with E-state index in [1.165, 1.54) is 25.4 Å². The number of hydrogen-bond donors (Lipinski definition) is 0. The second-order valence-electron chi connectivity index (χ2n) is 6.31. The van der Waals surface area contributed by atoms with Gasteiger partial charge in [0.15, 0.2) is 0 Å². The lowest BCUT2D eigenvalue weighted by molar-refractivity contribution is -0.137. The van der Waals surface area contributed by atoms with E-state index in [0.29, 0.717) is 22.5 Å². The van der Waals surface area contributed by atoms with E-state index in [4.69, 9.17) is 0 Å². The van der Waals surface area contributed by atoms with Gasteiger partial charge in [-0.2, -0.15) is 32.7 Å². The highest BCUT2D eigenvalue weighted by Crippen LogP contribution is 2.29. The predicted molar refractivity (Wildman–Crippen MR) is 103 cm³/mol.